The fraction of sp³-hybridized carbons (Fsp3) is 0.625. The Kier molecular flexibility index (Phi) is 3.98. The fourth-order valence-corrected chi connectivity index (χ4v) is 2.72. The van der Waals surface area contributed by atoms with Crippen LogP contribution in [0.15, 0.2) is 12.3 Å². The van der Waals surface area contributed by atoms with E-state index in [9.17, 15) is 4.79 Å². The average Bonchev–Trinajstić information content (AvgIpc) is 3.26. The Morgan fingerprint density at radius 2 is 1.87 bits per heavy atom. The van der Waals surface area contributed by atoms with E-state index in [0.29, 0.717) is 17.1 Å². The summed E-state index contributed by atoms with van der Waals surface area (Å²) in [7, 11) is 1.25. The molecule has 23 heavy (non-hydrogen) atoms. The molecule has 0 bridgehead atoms. The first kappa shape index (κ1) is 16.7. The number of hydrogen-bond acceptors (Lipinski definition) is 4. The number of rotatable bonds is 3. The fourth-order valence-electron chi connectivity index (χ4n) is 2.54. The quantitative estimate of drug-likeness (QED) is 0.627. The summed E-state index contributed by atoms with van der Waals surface area (Å²) in [6.07, 6.45) is 3.70. The highest BCUT2D eigenvalue weighted by Gasteiger charge is 2.52. The zero-order valence-electron chi connectivity index (χ0n) is 14.2. The minimum absolute atomic E-state index is 0.108. The highest BCUT2D eigenvalue weighted by Crippen LogP contribution is 2.36. The minimum atomic E-state index is -0.553. The lowest BCUT2D eigenvalue weighted by Crippen LogP contribution is -2.41. The first-order valence-electron chi connectivity index (χ1n) is 7.90. The highest BCUT2D eigenvalue weighted by atomic mass is 35.5. The summed E-state index contributed by atoms with van der Waals surface area (Å²) in [6.45, 7) is 7.96. The summed E-state index contributed by atoms with van der Waals surface area (Å²) in [5.74, 6) is -0.108. The van der Waals surface area contributed by atoms with Gasteiger partial charge in [-0.05, 0) is 46.6 Å². The van der Waals surface area contributed by atoms with Gasteiger partial charge in [0, 0.05) is 24.7 Å². The molecule has 0 radical (unpaired) electrons. The average molecular weight is 337 g/mol. The number of carbonyl (C=O) groups excluding carboxylic acids is 1. The lowest BCUT2D eigenvalue weighted by Gasteiger charge is -2.32. The van der Waals surface area contributed by atoms with Crippen molar-refractivity contribution < 1.29 is 14.1 Å². The number of aromatic nitrogens is 1. The molecule has 0 aromatic carbocycles. The maximum atomic E-state index is 12.6. The zero-order chi connectivity index (χ0) is 17.0. The van der Waals surface area contributed by atoms with Gasteiger partial charge in [0.15, 0.2) is 0 Å². The lowest BCUT2D eigenvalue weighted by molar-refractivity contribution is 0.00578. The van der Waals surface area contributed by atoms with Crippen molar-refractivity contribution in [3.8, 4) is 0 Å². The van der Waals surface area contributed by atoms with Crippen molar-refractivity contribution in [1.29, 1.82) is 0 Å². The Morgan fingerprint density at radius 3 is 2.39 bits per heavy atom. The normalized spacial score (nSPS) is 22.3. The van der Waals surface area contributed by atoms with E-state index < -0.39 is 18.3 Å². The van der Waals surface area contributed by atoms with Crippen molar-refractivity contribution in [2.75, 3.05) is 7.05 Å². The maximum absolute atomic E-state index is 12.6. The van der Waals surface area contributed by atoms with E-state index in [2.05, 4.69) is 4.98 Å². The molecule has 1 aromatic rings. The molecule has 2 fully saturated rings. The van der Waals surface area contributed by atoms with Crippen molar-refractivity contribution in [3.63, 3.8) is 0 Å². The van der Waals surface area contributed by atoms with E-state index in [1.165, 1.54) is 0 Å². The lowest BCUT2D eigenvalue weighted by atomic mass is 9.79. The Balaban J connectivity index is 1.88. The smallest absolute Gasteiger partial charge is 0.399 e. The van der Waals surface area contributed by atoms with Crippen molar-refractivity contribution in [1.82, 2.24) is 9.88 Å². The molecule has 1 aromatic heterocycles. The standard InChI is InChI=1S/C16H22BClN2O3/c1-15(2)16(3,4)23-17(22-15)10-8-12(13(18)19-9-10)14(21)20(5)11-6-7-11/h8-9,11H,6-7H2,1-5H3. The SMILES string of the molecule is CN(C(=O)c1cc(B2OC(C)(C)C(C)(C)O2)cnc1Cl)C1CC1. The van der Waals surface area contributed by atoms with Crippen LogP contribution in [0.2, 0.25) is 5.15 Å². The zero-order valence-corrected chi connectivity index (χ0v) is 15.0. The molecule has 0 N–H and O–H groups in total. The van der Waals surface area contributed by atoms with Crippen LogP contribution in [0, 0.1) is 0 Å². The molecular weight excluding hydrogens is 314 g/mol. The molecule has 1 saturated carbocycles. The Labute approximate surface area is 142 Å². The number of nitrogens with zero attached hydrogens (tertiary/aromatic N) is 2. The topological polar surface area (TPSA) is 51.7 Å². The summed E-state index contributed by atoms with van der Waals surface area (Å²) in [4.78, 5) is 18.5. The third kappa shape index (κ3) is 3.00. The van der Waals surface area contributed by atoms with Crippen LogP contribution in [0.4, 0.5) is 0 Å². The van der Waals surface area contributed by atoms with Gasteiger partial charge in [-0.1, -0.05) is 11.6 Å². The summed E-state index contributed by atoms with van der Waals surface area (Å²) >= 11 is 6.14. The second-order valence-electron chi connectivity index (χ2n) is 7.34. The van der Waals surface area contributed by atoms with Crippen LogP contribution in [0.5, 0.6) is 0 Å². The van der Waals surface area contributed by atoms with Gasteiger partial charge in [0.25, 0.3) is 5.91 Å². The molecule has 2 aliphatic rings. The molecule has 5 nitrogen and oxygen atoms in total. The molecule has 1 aliphatic heterocycles. The largest absolute Gasteiger partial charge is 0.496 e. The third-order valence-electron chi connectivity index (χ3n) is 5.03. The Morgan fingerprint density at radius 1 is 1.30 bits per heavy atom. The van der Waals surface area contributed by atoms with Crippen LogP contribution in [0.3, 0.4) is 0 Å². The van der Waals surface area contributed by atoms with Crippen molar-refractivity contribution >= 4 is 30.1 Å². The summed E-state index contributed by atoms with van der Waals surface area (Å²) in [6, 6.07) is 2.05. The van der Waals surface area contributed by atoms with Gasteiger partial charge in [-0.3, -0.25) is 4.79 Å². The number of halogens is 1. The van der Waals surface area contributed by atoms with E-state index in [1.54, 1.807) is 24.2 Å². The molecule has 2 heterocycles. The van der Waals surface area contributed by atoms with Gasteiger partial charge in [0.1, 0.15) is 5.15 Å². The van der Waals surface area contributed by atoms with E-state index in [4.69, 9.17) is 20.9 Å². The molecular formula is C16H22BClN2O3. The number of pyridine rings is 1. The molecule has 1 amide bonds. The molecule has 0 atom stereocenters. The van der Waals surface area contributed by atoms with Crippen LogP contribution in [-0.2, 0) is 9.31 Å². The molecule has 0 unspecified atom stereocenters. The van der Waals surface area contributed by atoms with Gasteiger partial charge in [-0.2, -0.15) is 0 Å². The van der Waals surface area contributed by atoms with E-state index in [0.717, 1.165) is 12.8 Å². The van der Waals surface area contributed by atoms with Gasteiger partial charge in [0.05, 0.1) is 16.8 Å². The van der Waals surface area contributed by atoms with Gasteiger partial charge in [0.2, 0.25) is 0 Å². The Hall–Kier alpha value is -1.11. The molecule has 0 spiro atoms. The second kappa shape index (κ2) is 5.47. The van der Waals surface area contributed by atoms with Crippen LogP contribution in [0.25, 0.3) is 0 Å². The maximum Gasteiger partial charge on any atom is 0.496 e. The summed E-state index contributed by atoms with van der Waals surface area (Å²) < 4.78 is 12.0. The van der Waals surface area contributed by atoms with Crippen molar-refractivity contribution in [2.24, 2.45) is 0 Å². The predicted octanol–water partition coefficient (Wildman–Crippen LogP) is 2.27. The molecule has 1 saturated heterocycles. The summed E-state index contributed by atoms with van der Waals surface area (Å²) in [5, 5.41) is 0.211. The molecule has 124 valence electrons. The van der Waals surface area contributed by atoms with Crippen molar-refractivity contribution in [3.05, 3.63) is 23.0 Å². The van der Waals surface area contributed by atoms with Gasteiger partial charge in [-0.25, -0.2) is 4.98 Å². The molecule has 7 heteroatoms. The van der Waals surface area contributed by atoms with Crippen LogP contribution >= 0.6 is 11.6 Å². The first-order chi connectivity index (χ1) is 10.6. The van der Waals surface area contributed by atoms with E-state index >= 15 is 0 Å². The van der Waals surface area contributed by atoms with Crippen molar-refractivity contribution in [2.45, 2.75) is 57.8 Å². The number of hydrogen-bond donors (Lipinski definition) is 0. The van der Waals surface area contributed by atoms with Gasteiger partial charge >= 0.3 is 7.12 Å². The Bertz CT molecular complexity index is 630. The van der Waals surface area contributed by atoms with E-state index in [1.807, 2.05) is 27.7 Å². The van der Waals surface area contributed by atoms with Gasteiger partial charge in [-0.15, -0.1) is 0 Å². The van der Waals surface area contributed by atoms with Crippen LogP contribution in [-0.4, -0.2) is 47.2 Å². The third-order valence-corrected chi connectivity index (χ3v) is 5.33. The molecule has 1 aliphatic carbocycles. The van der Waals surface area contributed by atoms with Crippen LogP contribution in [0.1, 0.15) is 50.9 Å². The predicted molar refractivity (Wildman–Crippen MR) is 90.1 cm³/mol. The highest BCUT2D eigenvalue weighted by molar-refractivity contribution is 6.62. The van der Waals surface area contributed by atoms with Gasteiger partial charge < -0.3 is 14.2 Å². The van der Waals surface area contributed by atoms with E-state index in [-0.39, 0.29) is 11.1 Å². The second-order valence-corrected chi connectivity index (χ2v) is 7.70. The first-order valence-corrected chi connectivity index (χ1v) is 8.28. The summed E-state index contributed by atoms with van der Waals surface area (Å²) in [5.41, 5.74) is 0.229. The van der Waals surface area contributed by atoms with Crippen LogP contribution < -0.4 is 5.46 Å². The number of carbonyl (C=O) groups is 1. The number of amides is 1. The monoisotopic (exact) mass is 336 g/mol. The minimum Gasteiger partial charge on any atom is -0.399 e. The molecule has 3 rings (SSSR count).